The fraction of sp³-hybridized carbons (Fsp3) is 0.800. The zero-order chi connectivity index (χ0) is 11.1. The lowest BCUT2D eigenvalue weighted by Crippen LogP contribution is -2.37. The molecule has 0 bridgehead atoms. The lowest BCUT2D eigenvalue weighted by Gasteiger charge is -2.19. The van der Waals surface area contributed by atoms with Crippen molar-refractivity contribution in [2.24, 2.45) is 0 Å². The quantitative estimate of drug-likeness (QED) is 0.655. The van der Waals surface area contributed by atoms with E-state index in [4.69, 9.17) is 4.74 Å². The molecule has 5 nitrogen and oxygen atoms in total. The monoisotopic (exact) mass is 212 g/mol. The molecule has 0 aliphatic rings. The van der Waals surface area contributed by atoms with E-state index in [0.717, 1.165) is 25.2 Å². The van der Waals surface area contributed by atoms with E-state index < -0.39 is 0 Å². The summed E-state index contributed by atoms with van der Waals surface area (Å²) in [5.41, 5.74) is 0. The molecule has 0 spiro atoms. The Bertz CT molecular complexity index is 250. The van der Waals surface area contributed by atoms with Gasteiger partial charge in [-0.25, -0.2) is 4.98 Å². The minimum atomic E-state index is 0.246. The summed E-state index contributed by atoms with van der Waals surface area (Å²) in [4.78, 5) is 4.07. The molecule has 2 unspecified atom stereocenters. The topological polar surface area (TPSA) is 62.8 Å². The zero-order valence-corrected chi connectivity index (χ0v) is 9.66. The van der Waals surface area contributed by atoms with E-state index in [1.54, 1.807) is 13.4 Å². The lowest BCUT2D eigenvalue weighted by atomic mass is 10.2. The number of hydrogen-bond acceptors (Lipinski definition) is 4. The molecule has 1 aromatic heterocycles. The number of H-pyrrole nitrogens is 1. The predicted octanol–water partition coefficient (Wildman–Crippen LogP) is 0.750. The highest BCUT2D eigenvalue weighted by Crippen LogP contribution is 1.97. The summed E-state index contributed by atoms with van der Waals surface area (Å²) in [5, 5.41) is 10.1. The molecular formula is C10H20N4O. The molecule has 1 aromatic rings. The van der Waals surface area contributed by atoms with Gasteiger partial charge in [-0.3, -0.25) is 5.10 Å². The molecule has 5 heteroatoms. The number of nitrogens with zero attached hydrogens (tertiary/aromatic N) is 2. The van der Waals surface area contributed by atoms with Gasteiger partial charge in [0.1, 0.15) is 12.2 Å². The van der Waals surface area contributed by atoms with Gasteiger partial charge in [-0.05, 0) is 26.8 Å². The number of methoxy groups -OCH3 is 1. The maximum absolute atomic E-state index is 5.22. The third-order valence-corrected chi connectivity index (χ3v) is 2.60. The lowest BCUT2D eigenvalue weighted by molar-refractivity contribution is 0.0888. The largest absolute Gasteiger partial charge is 0.380 e. The summed E-state index contributed by atoms with van der Waals surface area (Å²) < 4.78 is 5.22. The highest BCUT2D eigenvalue weighted by Gasteiger charge is 2.09. The molecule has 0 aliphatic carbocycles. The maximum Gasteiger partial charge on any atom is 0.137 e. The molecule has 0 amide bonds. The van der Waals surface area contributed by atoms with Crippen LogP contribution in [0.1, 0.15) is 26.1 Å². The van der Waals surface area contributed by atoms with Crippen LogP contribution in [-0.4, -0.2) is 41.0 Å². The molecule has 0 fully saturated rings. The molecule has 0 radical (unpaired) electrons. The summed E-state index contributed by atoms with van der Waals surface area (Å²) in [7, 11) is 1.73. The maximum atomic E-state index is 5.22. The number of ether oxygens (including phenoxy) is 1. The molecule has 15 heavy (non-hydrogen) atoms. The molecule has 1 rings (SSSR count). The van der Waals surface area contributed by atoms with Crippen LogP contribution in [0.15, 0.2) is 6.33 Å². The van der Waals surface area contributed by atoms with Gasteiger partial charge in [-0.15, -0.1) is 0 Å². The van der Waals surface area contributed by atoms with E-state index >= 15 is 0 Å². The van der Waals surface area contributed by atoms with Crippen molar-refractivity contribution in [1.29, 1.82) is 0 Å². The molecule has 0 saturated heterocycles. The second-order valence-electron chi connectivity index (χ2n) is 3.72. The Morgan fingerprint density at radius 1 is 1.53 bits per heavy atom. The summed E-state index contributed by atoms with van der Waals surface area (Å²) in [6.07, 6.45) is 3.77. The van der Waals surface area contributed by atoms with Crippen molar-refractivity contribution < 1.29 is 4.74 Å². The van der Waals surface area contributed by atoms with Gasteiger partial charge in [0.05, 0.1) is 6.10 Å². The smallest absolute Gasteiger partial charge is 0.137 e. The highest BCUT2D eigenvalue weighted by molar-refractivity contribution is 4.80. The molecule has 0 aromatic carbocycles. The van der Waals surface area contributed by atoms with Crippen molar-refractivity contribution in [2.75, 3.05) is 13.7 Å². The Morgan fingerprint density at radius 2 is 2.33 bits per heavy atom. The van der Waals surface area contributed by atoms with Crippen LogP contribution >= 0.6 is 0 Å². The molecule has 86 valence electrons. The number of aryl methyl sites for hydroxylation is 1. The average Bonchev–Trinajstić information content (AvgIpc) is 2.75. The third-order valence-electron chi connectivity index (χ3n) is 2.60. The molecule has 2 atom stereocenters. The number of rotatable bonds is 7. The number of hydrogen-bond donors (Lipinski definition) is 2. The van der Waals surface area contributed by atoms with Crippen LogP contribution in [0.4, 0.5) is 0 Å². The van der Waals surface area contributed by atoms with Crippen LogP contribution in [0.2, 0.25) is 0 Å². The van der Waals surface area contributed by atoms with Gasteiger partial charge >= 0.3 is 0 Å². The van der Waals surface area contributed by atoms with Gasteiger partial charge in [-0.2, -0.15) is 5.10 Å². The summed E-state index contributed by atoms with van der Waals surface area (Å²) >= 11 is 0. The van der Waals surface area contributed by atoms with Crippen molar-refractivity contribution >= 4 is 0 Å². The van der Waals surface area contributed by atoms with Crippen LogP contribution in [0.5, 0.6) is 0 Å². The van der Waals surface area contributed by atoms with Crippen LogP contribution in [0.3, 0.4) is 0 Å². The van der Waals surface area contributed by atoms with Gasteiger partial charge in [-0.1, -0.05) is 0 Å². The number of aromatic nitrogens is 3. The summed E-state index contributed by atoms with van der Waals surface area (Å²) in [6, 6.07) is 0.379. The second kappa shape index (κ2) is 6.53. The molecule has 0 aliphatic heterocycles. The summed E-state index contributed by atoms with van der Waals surface area (Å²) in [6.45, 7) is 5.16. The molecule has 0 saturated carbocycles. The Balaban J connectivity index is 2.06. The van der Waals surface area contributed by atoms with Crippen LogP contribution in [-0.2, 0) is 11.2 Å². The van der Waals surface area contributed by atoms with Crippen molar-refractivity contribution in [1.82, 2.24) is 20.5 Å². The fourth-order valence-electron chi connectivity index (χ4n) is 1.31. The van der Waals surface area contributed by atoms with Gasteiger partial charge in [0.25, 0.3) is 0 Å². The molecule has 1 heterocycles. The van der Waals surface area contributed by atoms with Crippen molar-refractivity contribution in [3.63, 3.8) is 0 Å². The first-order chi connectivity index (χ1) is 7.24. The van der Waals surface area contributed by atoms with E-state index in [0.29, 0.717) is 6.04 Å². The second-order valence-corrected chi connectivity index (χ2v) is 3.72. The average molecular weight is 212 g/mol. The van der Waals surface area contributed by atoms with Crippen LogP contribution in [0, 0.1) is 0 Å². The molecular weight excluding hydrogens is 192 g/mol. The van der Waals surface area contributed by atoms with Crippen LogP contribution < -0.4 is 5.32 Å². The first-order valence-electron chi connectivity index (χ1n) is 5.34. The van der Waals surface area contributed by atoms with E-state index in [9.17, 15) is 0 Å². The first-order valence-corrected chi connectivity index (χ1v) is 5.34. The highest BCUT2D eigenvalue weighted by atomic mass is 16.5. The van der Waals surface area contributed by atoms with Gasteiger partial charge in [0.15, 0.2) is 0 Å². The zero-order valence-electron chi connectivity index (χ0n) is 9.66. The predicted molar refractivity (Wildman–Crippen MR) is 58.6 cm³/mol. The summed E-state index contributed by atoms with van der Waals surface area (Å²) in [5.74, 6) is 0.948. The van der Waals surface area contributed by atoms with Gasteiger partial charge in [0.2, 0.25) is 0 Å². The van der Waals surface area contributed by atoms with E-state index in [-0.39, 0.29) is 6.10 Å². The fourth-order valence-corrected chi connectivity index (χ4v) is 1.31. The number of nitrogens with one attached hydrogen (secondary N) is 2. The Morgan fingerprint density at radius 3 is 2.93 bits per heavy atom. The van der Waals surface area contributed by atoms with Crippen molar-refractivity contribution in [3.8, 4) is 0 Å². The minimum Gasteiger partial charge on any atom is -0.380 e. The standard InChI is InChI=1S/C10H20N4O/c1-8(9(2)15-3)11-6-4-5-10-12-7-13-14-10/h7-9,11H,4-6H2,1-3H3,(H,12,13,14). The number of aromatic amines is 1. The van der Waals surface area contributed by atoms with Gasteiger partial charge in [0, 0.05) is 19.6 Å². The van der Waals surface area contributed by atoms with Gasteiger partial charge < -0.3 is 10.1 Å². The molecule has 2 N–H and O–H groups in total. The van der Waals surface area contributed by atoms with Crippen molar-refractivity contribution in [3.05, 3.63) is 12.2 Å². The first kappa shape index (κ1) is 12.1. The normalized spacial score (nSPS) is 15.1. The Labute approximate surface area is 90.6 Å². The Kier molecular flexibility index (Phi) is 5.28. The van der Waals surface area contributed by atoms with Crippen molar-refractivity contribution in [2.45, 2.75) is 38.8 Å². The van der Waals surface area contributed by atoms with E-state index in [1.807, 2.05) is 0 Å². The van der Waals surface area contributed by atoms with Crippen LogP contribution in [0.25, 0.3) is 0 Å². The Hall–Kier alpha value is -0.940. The van der Waals surface area contributed by atoms with E-state index in [1.165, 1.54) is 0 Å². The SMILES string of the molecule is COC(C)C(C)NCCCc1ncn[nH]1. The minimum absolute atomic E-state index is 0.246. The van der Waals surface area contributed by atoms with E-state index in [2.05, 4.69) is 34.3 Å². The third kappa shape index (κ3) is 4.40.